The zero-order chi connectivity index (χ0) is 22.7. The van der Waals surface area contributed by atoms with E-state index in [1.165, 1.54) is 78.1 Å². The number of benzene rings is 4. The van der Waals surface area contributed by atoms with Crippen LogP contribution < -0.4 is 4.90 Å². The minimum atomic E-state index is 0.956. The van der Waals surface area contributed by atoms with E-state index in [2.05, 4.69) is 83.8 Å². The number of pyridine rings is 1. The average molecular weight is 447 g/mol. The van der Waals surface area contributed by atoms with E-state index in [1.807, 2.05) is 6.20 Å². The van der Waals surface area contributed by atoms with E-state index in [-0.39, 0.29) is 0 Å². The minimum absolute atomic E-state index is 0.956. The van der Waals surface area contributed by atoms with E-state index in [9.17, 15) is 0 Å². The number of rotatable bonds is 0. The zero-order valence-corrected chi connectivity index (χ0v) is 19.3. The highest BCUT2D eigenvalue weighted by molar-refractivity contribution is 5.96. The third kappa shape index (κ3) is 2.23. The highest BCUT2D eigenvalue weighted by Crippen LogP contribution is 2.55. The normalized spacial score (nSPS) is 14.9. The maximum Gasteiger partial charge on any atom is 0.141 e. The van der Waals surface area contributed by atoms with Gasteiger partial charge in [0.1, 0.15) is 5.82 Å². The smallest absolute Gasteiger partial charge is 0.141 e. The molecule has 0 unspecified atom stereocenters. The molecule has 0 N–H and O–H groups in total. The van der Waals surface area contributed by atoms with Gasteiger partial charge in [-0.3, -0.25) is 4.90 Å². The van der Waals surface area contributed by atoms with Crippen LogP contribution in [0, 0.1) is 0 Å². The van der Waals surface area contributed by atoms with Crippen molar-refractivity contribution in [2.75, 3.05) is 4.90 Å². The summed E-state index contributed by atoms with van der Waals surface area (Å²) in [5.41, 5.74) is 20.0. The Morgan fingerprint density at radius 2 is 1.23 bits per heavy atom. The van der Waals surface area contributed by atoms with Crippen LogP contribution in [0.3, 0.4) is 0 Å². The predicted molar refractivity (Wildman–Crippen MR) is 141 cm³/mol. The van der Waals surface area contributed by atoms with Gasteiger partial charge in [0, 0.05) is 19.0 Å². The van der Waals surface area contributed by atoms with Crippen molar-refractivity contribution in [3.05, 3.63) is 130 Å². The fraction of sp³-hybridized carbons (Fsp3) is 0.121. The molecule has 2 aliphatic carbocycles. The van der Waals surface area contributed by atoms with Crippen LogP contribution in [-0.4, -0.2) is 4.98 Å². The molecule has 0 spiro atoms. The maximum absolute atomic E-state index is 4.88. The van der Waals surface area contributed by atoms with Gasteiger partial charge in [-0.05, 0) is 91.7 Å². The monoisotopic (exact) mass is 446 g/mol. The average Bonchev–Trinajstić information content (AvgIpc) is 3.47. The van der Waals surface area contributed by atoms with Crippen molar-refractivity contribution in [1.29, 1.82) is 0 Å². The van der Waals surface area contributed by atoms with E-state index >= 15 is 0 Å². The van der Waals surface area contributed by atoms with Crippen LogP contribution >= 0.6 is 0 Å². The molecular formula is C33H22N2. The van der Waals surface area contributed by atoms with Gasteiger partial charge < -0.3 is 0 Å². The second-order valence-corrected chi connectivity index (χ2v) is 10.3. The standard InChI is InChI=1S/C33H22N2/c1-2-9-25-19(5-1)15-20-10-12-26-27(30(20)25)17-21-11-13-29-28(31(21)26)18-23-7-3-6-22-16-24-8-4-14-34-33(24)35(29)32(22)23/h1-14H,15-18H2. The minimum Gasteiger partial charge on any atom is -0.294 e. The Morgan fingerprint density at radius 1 is 0.514 bits per heavy atom. The van der Waals surface area contributed by atoms with Gasteiger partial charge in [-0.15, -0.1) is 0 Å². The Labute approximate surface area is 204 Å². The Kier molecular flexibility index (Phi) is 3.27. The Hall–Kier alpha value is -4.17. The molecule has 0 fully saturated rings. The van der Waals surface area contributed by atoms with Gasteiger partial charge in [0.25, 0.3) is 0 Å². The van der Waals surface area contributed by atoms with Gasteiger partial charge >= 0.3 is 0 Å². The van der Waals surface area contributed by atoms with E-state index in [0.717, 1.165) is 31.5 Å². The summed E-state index contributed by atoms with van der Waals surface area (Å²) in [6, 6.07) is 29.6. The summed E-state index contributed by atoms with van der Waals surface area (Å²) in [4.78, 5) is 7.33. The molecule has 5 aromatic rings. The molecule has 2 aliphatic heterocycles. The van der Waals surface area contributed by atoms with Crippen LogP contribution in [0.15, 0.2) is 85.1 Å². The summed E-state index contributed by atoms with van der Waals surface area (Å²) in [5.74, 6) is 1.09. The quantitative estimate of drug-likeness (QED) is 0.240. The number of nitrogens with zero attached hydrogens (tertiary/aromatic N) is 2. The van der Waals surface area contributed by atoms with Crippen molar-refractivity contribution in [3.8, 4) is 22.3 Å². The lowest BCUT2D eigenvalue weighted by atomic mass is 9.84. The van der Waals surface area contributed by atoms with Crippen molar-refractivity contribution in [1.82, 2.24) is 4.98 Å². The first-order valence-electron chi connectivity index (χ1n) is 12.6. The van der Waals surface area contributed by atoms with E-state index < -0.39 is 0 Å². The lowest BCUT2D eigenvalue weighted by Gasteiger charge is -2.39. The van der Waals surface area contributed by atoms with Crippen LogP contribution in [-0.2, 0) is 25.7 Å². The molecule has 0 amide bonds. The first-order valence-corrected chi connectivity index (χ1v) is 12.6. The molecule has 4 aromatic carbocycles. The Balaban J connectivity index is 1.31. The van der Waals surface area contributed by atoms with Crippen LogP contribution in [0.4, 0.5) is 17.2 Å². The highest BCUT2D eigenvalue weighted by Gasteiger charge is 2.36. The van der Waals surface area contributed by atoms with Gasteiger partial charge in [-0.1, -0.05) is 66.7 Å². The molecule has 9 rings (SSSR count). The fourth-order valence-electron chi connectivity index (χ4n) is 7.19. The Bertz CT molecular complexity index is 1760. The topological polar surface area (TPSA) is 16.1 Å². The predicted octanol–water partition coefficient (Wildman–Crippen LogP) is 7.50. The first-order chi connectivity index (χ1) is 17.3. The van der Waals surface area contributed by atoms with Gasteiger partial charge in [0.2, 0.25) is 0 Å². The molecule has 3 heterocycles. The van der Waals surface area contributed by atoms with E-state index in [4.69, 9.17) is 4.98 Å². The van der Waals surface area contributed by atoms with Gasteiger partial charge in [0.05, 0.1) is 11.4 Å². The van der Waals surface area contributed by atoms with Crippen LogP contribution in [0.5, 0.6) is 0 Å². The molecule has 164 valence electrons. The summed E-state index contributed by atoms with van der Waals surface area (Å²) in [6.45, 7) is 0. The summed E-state index contributed by atoms with van der Waals surface area (Å²) in [6.07, 6.45) is 5.95. The highest BCUT2D eigenvalue weighted by atomic mass is 15.2. The molecule has 0 atom stereocenters. The van der Waals surface area contributed by atoms with Gasteiger partial charge in [-0.25, -0.2) is 4.98 Å². The molecule has 0 saturated heterocycles. The van der Waals surface area contributed by atoms with Crippen molar-refractivity contribution in [3.63, 3.8) is 0 Å². The van der Waals surface area contributed by atoms with E-state index in [1.54, 1.807) is 0 Å². The molecule has 2 nitrogen and oxygen atoms in total. The molecule has 0 radical (unpaired) electrons. The lowest BCUT2D eigenvalue weighted by molar-refractivity contribution is 0.981. The van der Waals surface area contributed by atoms with Crippen molar-refractivity contribution in [2.45, 2.75) is 25.7 Å². The lowest BCUT2D eigenvalue weighted by Crippen LogP contribution is -2.25. The molecule has 0 bridgehead atoms. The van der Waals surface area contributed by atoms with Crippen LogP contribution in [0.1, 0.15) is 44.5 Å². The number of para-hydroxylation sites is 1. The SMILES string of the molecule is c1ccc2c(c1)Cc1ccc3c(c1-2)Cc1ccc2c(c1-3)Cc1cccc3c1N2c1ncccc1C3. The molecule has 4 aliphatic rings. The van der Waals surface area contributed by atoms with Crippen LogP contribution in [0.2, 0.25) is 0 Å². The number of aromatic nitrogens is 1. The number of anilines is 3. The summed E-state index contributed by atoms with van der Waals surface area (Å²) in [5, 5.41) is 0. The number of hydrogen-bond acceptors (Lipinski definition) is 2. The molecule has 1 aromatic heterocycles. The largest absolute Gasteiger partial charge is 0.294 e. The third-order valence-corrected chi connectivity index (χ3v) is 8.57. The van der Waals surface area contributed by atoms with Crippen molar-refractivity contribution in [2.24, 2.45) is 0 Å². The second-order valence-electron chi connectivity index (χ2n) is 10.3. The number of fused-ring (bicyclic) bond motifs is 12. The molecule has 35 heavy (non-hydrogen) atoms. The summed E-state index contributed by atoms with van der Waals surface area (Å²) in [7, 11) is 0. The Morgan fingerprint density at radius 3 is 2.20 bits per heavy atom. The van der Waals surface area contributed by atoms with E-state index in [0.29, 0.717) is 0 Å². The van der Waals surface area contributed by atoms with Crippen molar-refractivity contribution >= 4 is 17.2 Å². The summed E-state index contributed by atoms with van der Waals surface area (Å²) < 4.78 is 0. The van der Waals surface area contributed by atoms with Crippen molar-refractivity contribution < 1.29 is 0 Å². The second kappa shape index (κ2) is 6.28. The van der Waals surface area contributed by atoms with Crippen LogP contribution in [0.25, 0.3) is 22.3 Å². The summed E-state index contributed by atoms with van der Waals surface area (Å²) >= 11 is 0. The molecule has 2 heteroatoms. The fourth-order valence-corrected chi connectivity index (χ4v) is 7.19. The maximum atomic E-state index is 4.88. The zero-order valence-electron chi connectivity index (χ0n) is 19.3. The first kappa shape index (κ1) is 18.2. The number of hydrogen-bond donors (Lipinski definition) is 0. The molecular weight excluding hydrogens is 424 g/mol. The van der Waals surface area contributed by atoms with Gasteiger partial charge in [-0.2, -0.15) is 0 Å². The third-order valence-electron chi connectivity index (χ3n) is 8.57. The molecule has 0 saturated carbocycles. The van der Waals surface area contributed by atoms with Gasteiger partial charge in [0.15, 0.2) is 0 Å².